The van der Waals surface area contributed by atoms with Crippen LogP contribution < -0.4 is 9.64 Å². The van der Waals surface area contributed by atoms with Gasteiger partial charge in [0.25, 0.3) is 0 Å². The molecule has 5 nitrogen and oxygen atoms in total. The maximum Gasteiger partial charge on any atom is 0.311 e. The maximum absolute atomic E-state index is 13.9. The highest BCUT2D eigenvalue weighted by Gasteiger charge is 2.36. The number of anilines is 1. The van der Waals surface area contributed by atoms with Gasteiger partial charge in [-0.25, -0.2) is 8.78 Å². The van der Waals surface area contributed by atoms with Gasteiger partial charge in [0.05, 0.1) is 16.0 Å². The van der Waals surface area contributed by atoms with Crippen molar-refractivity contribution in [2.45, 2.75) is 19.6 Å². The van der Waals surface area contributed by atoms with E-state index in [1.807, 2.05) is 0 Å². The lowest BCUT2D eigenvalue weighted by molar-refractivity contribution is -0.149. The van der Waals surface area contributed by atoms with Crippen LogP contribution in [0.2, 0.25) is 10.0 Å². The molecule has 0 bridgehead atoms. The van der Waals surface area contributed by atoms with Gasteiger partial charge < -0.3 is 14.4 Å². The Kier molecular flexibility index (Phi) is 7.34. The van der Waals surface area contributed by atoms with Crippen molar-refractivity contribution in [2.24, 2.45) is 5.92 Å². The van der Waals surface area contributed by atoms with Gasteiger partial charge in [-0.2, -0.15) is 0 Å². The van der Waals surface area contributed by atoms with Gasteiger partial charge >= 0.3 is 5.97 Å². The van der Waals surface area contributed by atoms with E-state index in [9.17, 15) is 18.4 Å². The molecule has 0 aromatic heterocycles. The van der Waals surface area contributed by atoms with E-state index in [-0.39, 0.29) is 53.3 Å². The first kappa shape index (κ1) is 24.0. The molecule has 0 radical (unpaired) electrons. The third-order valence-corrected chi connectivity index (χ3v) is 6.18. The fraction of sp³-hybridized carbons (Fsp3) is 0.200. The van der Waals surface area contributed by atoms with Crippen LogP contribution in [-0.2, 0) is 27.5 Å². The lowest BCUT2D eigenvalue weighted by atomic mass is 10.1. The summed E-state index contributed by atoms with van der Waals surface area (Å²) in [6, 6.07) is 15.2. The summed E-state index contributed by atoms with van der Waals surface area (Å²) in [5.41, 5.74) is 0.917. The van der Waals surface area contributed by atoms with Crippen LogP contribution in [0.3, 0.4) is 0 Å². The summed E-state index contributed by atoms with van der Waals surface area (Å²) in [6.07, 6.45) is -0.0200. The number of carbonyl (C=O) groups excluding carboxylic acids is 2. The Bertz CT molecular complexity index is 1180. The first-order valence-corrected chi connectivity index (χ1v) is 11.1. The van der Waals surface area contributed by atoms with E-state index in [1.54, 1.807) is 30.3 Å². The van der Waals surface area contributed by atoms with Crippen LogP contribution in [0.5, 0.6) is 5.75 Å². The summed E-state index contributed by atoms with van der Waals surface area (Å²) in [5.74, 6) is -2.08. The molecule has 1 saturated heterocycles. The molecule has 1 heterocycles. The Labute approximate surface area is 204 Å². The second kappa shape index (κ2) is 10.4. The molecule has 0 aliphatic carbocycles. The number of rotatable bonds is 7. The fourth-order valence-corrected chi connectivity index (χ4v) is 4.03. The number of carbonyl (C=O) groups is 2. The molecule has 1 atom stereocenters. The van der Waals surface area contributed by atoms with Crippen LogP contribution in [0.15, 0.2) is 60.7 Å². The summed E-state index contributed by atoms with van der Waals surface area (Å²) in [5, 5.41) is 0.436. The minimum absolute atomic E-state index is 0.0200. The number of hydrogen-bond donors (Lipinski definition) is 0. The molecule has 3 aromatic carbocycles. The largest absolute Gasteiger partial charge is 0.489 e. The van der Waals surface area contributed by atoms with Crippen LogP contribution in [0.4, 0.5) is 14.5 Å². The molecule has 1 aliphatic heterocycles. The minimum atomic E-state index is -0.683. The average molecular weight is 506 g/mol. The predicted molar refractivity (Wildman–Crippen MR) is 124 cm³/mol. The highest BCUT2D eigenvalue weighted by Crippen LogP contribution is 2.29. The van der Waals surface area contributed by atoms with Gasteiger partial charge in [0.1, 0.15) is 30.6 Å². The molecular weight excluding hydrogens is 487 g/mol. The molecule has 1 amide bonds. The maximum atomic E-state index is 13.9. The number of hydrogen-bond acceptors (Lipinski definition) is 4. The van der Waals surface area contributed by atoms with Crippen molar-refractivity contribution in [2.75, 3.05) is 11.4 Å². The Morgan fingerprint density at radius 2 is 1.50 bits per heavy atom. The molecule has 1 aliphatic rings. The third-order valence-electron chi connectivity index (χ3n) is 5.47. The molecular formula is C25H19Cl2F2NO4. The number of esters is 1. The summed E-state index contributed by atoms with van der Waals surface area (Å²) in [7, 11) is 0. The SMILES string of the molecule is O=C(OCc1c(F)cccc1Cl)C1CC(=O)N(c2ccc(OCc3c(F)cccc3Cl)cc2)C1. The van der Waals surface area contributed by atoms with Gasteiger partial charge in [-0.1, -0.05) is 35.3 Å². The van der Waals surface area contributed by atoms with Crippen LogP contribution in [0, 0.1) is 17.6 Å². The molecule has 3 aromatic rings. The molecule has 176 valence electrons. The van der Waals surface area contributed by atoms with Crippen molar-refractivity contribution >= 4 is 40.8 Å². The van der Waals surface area contributed by atoms with Gasteiger partial charge in [0.15, 0.2) is 0 Å². The van der Waals surface area contributed by atoms with Crippen molar-refractivity contribution < 1.29 is 27.8 Å². The van der Waals surface area contributed by atoms with Crippen molar-refractivity contribution in [3.8, 4) is 5.75 Å². The van der Waals surface area contributed by atoms with E-state index in [0.29, 0.717) is 11.4 Å². The normalized spacial score (nSPS) is 15.5. The van der Waals surface area contributed by atoms with Gasteiger partial charge in [-0.15, -0.1) is 0 Å². The lowest BCUT2D eigenvalue weighted by Gasteiger charge is -2.17. The Balaban J connectivity index is 1.35. The van der Waals surface area contributed by atoms with Crippen molar-refractivity contribution in [1.29, 1.82) is 0 Å². The zero-order chi connectivity index (χ0) is 24.2. The van der Waals surface area contributed by atoms with E-state index in [0.717, 1.165) is 0 Å². The number of amides is 1. The molecule has 9 heteroatoms. The molecule has 0 spiro atoms. The van der Waals surface area contributed by atoms with Gasteiger partial charge in [-0.05, 0) is 48.5 Å². The average Bonchev–Trinajstić information content (AvgIpc) is 3.20. The standard InChI is InChI=1S/C25H19Cl2F2NO4/c26-20-3-1-5-22(28)18(20)13-33-17-9-7-16(8-10-17)30-12-15(11-24(30)31)25(32)34-14-19-21(27)4-2-6-23(19)29/h1-10,15H,11-14H2. The van der Waals surface area contributed by atoms with Crippen LogP contribution in [-0.4, -0.2) is 18.4 Å². The summed E-state index contributed by atoms with van der Waals surface area (Å²) in [6.45, 7) is -0.228. The van der Waals surface area contributed by atoms with Crippen LogP contribution in [0.1, 0.15) is 17.5 Å². The monoisotopic (exact) mass is 505 g/mol. The van der Waals surface area contributed by atoms with E-state index in [4.69, 9.17) is 32.7 Å². The quantitative estimate of drug-likeness (QED) is 0.372. The van der Waals surface area contributed by atoms with Crippen molar-refractivity contribution in [3.63, 3.8) is 0 Å². The van der Waals surface area contributed by atoms with E-state index >= 15 is 0 Å². The number of nitrogens with zero attached hydrogens (tertiary/aromatic N) is 1. The predicted octanol–water partition coefficient (Wildman–Crippen LogP) is 5.95. The van der Waals surface area contributed by atoms with Crippen molar-refractivity contribution in [1.82, 2.24) is 0 Å². The smallest absolute Gasteiger partial charge is 0.311 e. The lowest BCUT2D eigenvalue weighted by Crippen LogP contribution is -2.26. The Hall–Kier alpha value is -3.16. The zero-order valence-corrected chi connectivity index (χ0v) is 19.3. The summed E-state index contributed by atoms with van der Waals surface area (Å²) >= 11 is 12.0. The van der Waals surface area contributed by atoms with Gasteiger partial charge in [0, 0.05) is 29.8 Å². The minimum Gasteiger partial charge on any atom is -0.489 e. The van der Waals surface area contributed by atoms with Crippen molar-refractivity contribution in [3.05, 3.63) is 93.5 Å². The van der Waals surface area contributed by atoms with Crippen LogP contribution >= 0.6 is 23.2 Å². The first-order chi connectivity index (χ1) is 16.3. The van der Waals surface area contributed by atoms with E-state index < -0.39 is 23.5 Å². The topological polar surface area (TPSA) is 55.8 Å². The Morgan fingerprint density at radius 1 is 0.912 bits per heavy atom. The molecule has 34 heavy (non-hydrogen) atoms. The fourth-order valence-electron chi connectivity index (χ4n) is 3.59. The van der Waals surface area contributed by atoms with Gasteiger partial charge in [-0.3, -0.25) is 9.59 Å². The molecule has 1 fully saturated rings. The van der Waals surface area contributed by atoms with Crippen LogP contribution in [0.25, 0.3) is 0 Å². The molecule has 0 saturated carbocycles. The number of ether oxygens (including phenoxy) is 2. The third kappa shape index (κ3) is 5.32. The highest BCUT2D eigenvalue weighted by atomic mass is 35.5. The first-order valence-electron chi connectivity index (χ1n) is 10.4. The highest BCUT2D eigenvalue weighted by molar-refractivity contribution is 6.31. The molecule has 0 N–H and O–H groups in total. The molecule has 4 rings (SSSR count). The second-order valence-electron chi connectivity index (χ2n) is 7.70. The van der Waals surface area contributed by atoms with Gasteiger partial charge in [0.2, 0.25) is 5.91 Å². The van der Waals surface area contributed by atoms with E-state index in [1.165, 1.54) is 35.2 Å². The Morgan fingerprint density at radius 3 is 2.09 bits per heavy atom. The number of benzene rings is 3. The summed E-state index contributed by atoms with van der Waals surface area (Å²) < 4.78 is 38.6. The van der Waals surface area contributed by atoms with E-state index in [2.05, 4.69) is 0 Å². The number of halogens is 4. The second-order valence-corrected chi connectivity index (χ2v) is 8.51. The molecule has 1 unspecified atom stereocenters. The zero-order valence-electron chi connectivity index (χ0n) is 17.8. The summed E-state index contributed by atoms with van der Waals surface area (Å²) in [4.78, 5) is 26.4.